The van der Waals surface area contributed by atoms with Crippen LogP contribution in [0.2, 0.25) is 0 Å². The van der Waals surface area contributed by atoms with Crippen molar-refractivity contribution in [3.05, 3.63) is 42.2 Å². The van der Waals surface area contributed by atoms with Gasteiger partial charge in [-0.05, 0) is 30.7 Å². The second-order valence-electron chi connectivity index (χ2n) is 7.43. The fourth-order valence-corrected chi connectivity index (χ4v) is 3.76. The number of carbonyl (C=O) groups excluding carboxylic acids is 2. The van der Waals surface area contributed by atoms with E-state index < -0.39 is 30.7 Å². The summed E-state index contributed by atoms with van der Waals surface area (Å²) in [5.74, 6) is -2.85. The van der Waals surface area contributed by atoms with Crippen molar-refractivity contribution in [2.75, 3.05) is 34.8 Å². The molecule has 2 aromatic rings. The van der Waals surface area contributed by atoms with Crippen LogP contribution in [-0.4, -0.2) is 53.4 Å². The quantitative estimate of drug-likeness (QED) is 0.702. The molecule has 1 saturated heterocycles. The molecule has 2 aliphatic rings. The molecule has 2 aromatic heterocycles. The molecule has 0 aliphatic carbocycles. The lowest BCUT2D eigenvalue weighted by Crippen LogP contribution is -2.48. The van der Waals surface area contributed by atoms with Crippen molar-refractivity contribution in [2.45, 2.75) is 31.2 Å². The topological polar surface area (TPSA) is 104 Å². The van der Waals surface area contributed by atoms with Gasteiger partial charge in [0.1, 0.15) is 11.5 Å². The Labute approximate surface area is 172 Å². The van der Waals surface area contributed by atoms with Gasteiger partial charge in [-0.15, -0.1) is 0 Å². The Morgan fingerprint density at radius 2 is 2.10 bits per heavy atom. The number of ketones is 1. The van der Waals surface area contributed by atoms with E-state index in [2.05, 4.69) is 20.2 Å². The summed E-state index contributed by atoms with van der Waals surface area (Å²) in [5, 5.41) is 2.76. The van der Waals surface area contributed by atoms with Crippen LogP contribution in [0, 0.1) is 0 Å². The summed E-state index contributed by atoms with van der Waals surface area (Å²) in [6.45, 7) is 0.624. The fraction of sp³-hybridized carbons (Fsp3) is 0.400. The number of pyridine rings is 2. The SMILES string of the molecule is NCC(F)(F)CCC(=O)c1ccc2c(n1)N(C(=O)Nc1ccccn1)[C@H]1CCN2C1. The maximum absolute atomic E-state index is 13.4. The van der Waals surface area contributed by atoms with E-state index in [1.54, 1.807) is 35.4 Å². The zero-order valence-corrected chi connectivity index (χ0v) is 16.2. The highest BCUT2D eigenvalue weighted by Crippen LogP contribution is 2.39. The van der Waals surface area contributed by atoms with E-state index in [-0.39, 0.29) is 18.2 Å². The molecule has 30 heavy (non-hydrogen) atoms. The molecule has 2 bridgehead atoms. The van der Waals surface area contributed by atoms with Gasteiger partial charge in [-0.1, -0.05) is 6.07 Å². The number of nitrogens with zero attached hydrogens (tertiary/aromatic N) is 4. The predicted molar refractivity (Wildman–Crippen MR) is 108 cm³/mol. The molecule has 0 unspecified atom stereocenters. The van der Waals surface area contributed by atoms with Crippen LogP contribution in [-0.2, 0) is 0 Å². The van der Waals surface area contributed by atoms with E-state index in [1.165, 1.54) is 6.07 Å². The predicted octanol–water partition coefficient (Wildman–Crippen LogP) is 2.66. The summed E-state index contributed by atoms with van der Waals surface area (Å²) >= 11 is 0. The first-order chi connectivity index (χ1) is 14.4. The van der Waals surface area contributed by atoms with Crippen LogP contribution in [0.4, 0.5) is 30.9 Å². The monoisotopic (exact) mass is 416 g/mol. The molecule has 10 heteroatoms. The van der Waals surface area contributed by atoms with E-state index in [0.717, 1.165) is 18.7 Å². The third-order valence-electron chi connectivity index (χ3n) is 5.37. The summed E-state index contributed by atoms with van der Waals surface area (Å²) in [7, 11) is 0. The number of urea groups is 1. The molecule has 3 N–H and O–H groups in total. The number of carbonyl (C=O) groups is 2. The molecule has 4 heterocycles. The van der Waals surface area contributed by atoms with Crippen LogP contribution in [0.25, 0.3) is 0 Å². The Balaban J connectivity index is 1.60. The van der Waals surface area contributed by atoms with Crippen molar-refractivity contribution < 1.29 is 18.4 Å². The number of Topliss-reactive ketones (excluding diaryl/α,β-unsaturated/α-hetero) is 1. The highest BCUT2D eigenvalue weighted by molar-refractivity contribution is 6.05. The van der Waals surface area contributed by atoms with Crippen molar-refractivity contribution in [1.29, 1.82) is 0 Å². The number of amides is 2. The Morgan fingerprint density at radius 1 is 1.27 bits per heavy atom. The zero-order chi connectivity index (χ0) is 21.3. The van der Waals surface area contributed by atoms with Gasteiger partial charge < -0.3 is 10.6 Å². The number of fused-ring (bicyclic) bond motifs is 4. The molecule has 8 nitrogen and oxygen atoms in total. The molecule has 2 aliphatic heterocycles. The summed E-state index contributed by atoms with van der Waals surface area (Å²) in [5.41, 5.74) is 5.83. The first kappa shape index (κ1) is 20.1. The molecular formula is C20H22F2N6O2. The number of nitrogens with two attached hydrogens (primary N) is 1. The van der Waals surface area contributed by atoms with Gasteiger partial charge in [-0.25, -0.2) is 23.5 Å². The highest BCUT2D eigenvalue weighted by Gasteiger charge is 2.40. The Bertz CT molecular complexity index is 956. The van der Waals surface area contributed by atoms with Crippen LogP contribution in [0.15, 0.2) is 36.5 Å². The van der Waals surface area contributed by atoms with Crippen LogP contribution >= 0.6 is 0 Å². The van der Waals surface area contributed by atoms with Gasteiger partial charge in [0, 0.05) is 32.1 Å². The second kappa shape index (κ2) is 7.94. The van der Waals surface area contributed by atoms with Crippen molar-refractivity contribution in [3.8, 4) is 0 Å². The molecule has 0 radical (unpaired) electrons. The van der Waals surface area contributed by atoms with Gasteiger partial charge >= 0.3 is 6.03 Å². The molecule has 158 valence electrons. The molecule has 1 atom stereocenters. The van der Waals surface area contributed by atoms with Gasteiger partial charge in [-0.2, -0.15) is 0 Å². The average molecular weight is 416 g/mol. The van der Waals surface area contributed by atoms with Crippen molar-refractivity contribution in [2.24, 2.45) is 5.73 Å². The molecular weight excluding hydrogens is 394 g/mol. The van der Waals surface area contributed by atoms with Crippen molar-refractivity contribution >= 4 is 29.1 Å². The maximum atomic E-state index is 13.4. The normalized spacial score (nSPS) is 17.6. The third-order valence-corrected chi connectivity index (χ3v) is 5.37. The number of hydrogen-bond donors (Lipinski definition) is 2. The smallest absolute Gasteiger partial charge is 0.329 e. The number of alkyl halides is 2. The molecule has 0 aromatic carbocycles. The molecule has 1 fully saturated rings. The number of nitrogens with one attached hydrogen (secondary N) is 1. The number of anilines is 3. The van der Waals surface area contributed by atoms with Crippen molar-refractivity contribution in [3.63, 3.8) is 0 Å². The Kier molecular flexibility index (Phi) is 5.33. The second-order valence-corrected chi connectivity index (χ2v) is 7.43. The van der Waals surface area contributed by atoms with E-state index in [9.17, 15) is 18.4 Å². The molecule has 0 spiro atoms. The summed E-state index contributed by atoms with van der Waals surface area (Å²) in [6.07, 6.45) is 1.32. The number of halogens is 2. The van der Waals surface area contributed by atoms with E-state index in [4.69, 9.17) is 5.73 Å². The van der Waals surface area contributed by atoms with Gasteiger partial charge in [0.05, 0.1) is 18.3 Å². The standard InChI is InChI=1S/C20H22F2N6O2/c21-20(22,12-23)8-6-16(29)14-4-5-15-18(25-14)28(13-7-10-27(15)11-13)19(30)26-17-3-1-2-9-24-17/h1-5,9,13H,6-8,10-12,23H2,(H,24,26,30)/t13-/m0/s1. The highest BCUT2D eigenvalue weighted by atomic mass is 19.3. The first-order valence-corrected chi connectivity index (χ1v) is 9.76. The lowest BCUT2D eigenvalue weighted by Gasteiger charge is -2.35. The Morgan fingerprint density at radius 3 is 2.83 bits per heavy atom. The van der Waals surface area contributed by atoms with E-state index >= 15 is 0 Å². The summed E-state index contributed by atoms with van der Waals surface area (Å²) in [6, 6.07) is 7.93. The molecule has 4 rings (SSSR count). The van der Waals surface area contributed by atoms with Crippen LogP contribution in [0.5, 0.6) is 0 Å². The van der Waals surface area contributed by atoms with Gasteiger partial charge in [-0.3, -0.25) is 15.0 Å². The lowest BCUT2D eigenvalue weighted by atomic mass is 10.1. The maximum Gasteiger partial charge on any atom is 0.329 e. The van der Waals surface area contributed by atoms with E-state index in [0.29, 0.717) is 18.2 Å². The average Bonchev–Trinajstić information content (AvgIpc) is 3.16. The van der Waals surface area contributed by atoms with Crippen LogP contribution < -0.4 is 20.9 Å². The van der Waals surface area contributed by atoms with Crippen molar-refractivity contribution in [1.82, 2.24) is 9.97 Å². The van der Waals surface area contributed by atoms with Gasteiger partial charge in [0.15, 0.2) is 11.6 Å². The zero-order valence-electron chi connectivity index (χ0n) is 16.2. The lowest BCUT2D eigenvalue weighted by molar-refractivity contribution is 0.000929. The van der Waals surface area contributed by atoms with Crippen LogP contribution in [0.1, 0.15) is 29.8 Å². The van der Waals surface area contributed by atoms with Gasteiger partial charge in [0.2, 0.25) is 0 Å². The van der Waals surface area contributed by atoms with E-state index in [1.807, 2.05) is 0 Å². The third kappa shape index (κ3) is 3.95. The Hall–Kier alpha value is -3.14. The first-order valence-electron chi connectivity index (χ1n) is 9.76. The largest absolute Gasteiger partial charge is 0.366 e. The minimum Gasteiger partial charge on any atom is -0.366 e. The summed E-state index contributed by atoms with van der Waals surface area (Å²) in [4.78, 5) is 37.6. The summed E-state index contributed by atoms with van der Waals surface area (Å²) < 4.78 is 26.8. The number of rotatable bonds is 6. The minimum atomic E-state index is -3.09. The molecule has 2 amide bonds. The number of aromatic nitrogens is 2. The molecule has 0 saturated carbocycles. The van der Waals surface area contributed by atoms with Crippen LogP contribution in [0.3, 0.4) is 0 Å². The number of hydrogen-bond acceptors (Lipinski definition) is 6. The fourth-order valence-electron chi connectivity index (χ4n) is 3.76. The van der Waals surface area contributed by atoms with Gasteiger partial charge in [0.25, 0.3) is 5.92 Å². The minimum absolute atomic E-state index is 0.0553.